The normalized spacial score (nSPS) is 18.9. The highest BCUT2D eigenvalue weighted by Crippen LogP contribution is 2.18. The predicted octanol–water partition coefficient (Wildman–Crippen LogP) is 1.40. The molecule has 1 aliphatic heterocycles. The van der Waals surface area contributed by atoms with Gasteiger partial charge < -0.3 is 16.4 Å². The highest BCUT2D eigenvalue weighted by Gasteiger charge is 2.43. The quantitative estimate of drug-likeness (QED) is 0.567. The SMILES string of the molecule is CC(C)CC(C)(CN)NC(=O)CCCN1C(=O)NC(C)(C)C1=O.Cl. The van der Waals surface area contributed by atoms with E-state index in [0.29, 0.717) is 18.9 Å². The van der Waals surface area contributed by atoms with E-state index in [1.165, 1.54) is 4.90 Å². The van der Waals surface area contributed by atoms with E-state index in [4.69, 9.17) is 5.73 Å². The number of amides is 4. The first-order valence-corrected chi connectivity index (χ1v) is 8.16. The number of halogens is 1. The Morgan fingerprint density at radius 1 is 1.38 bits per heavy atom. The number of nitrogens with one attached hydrogen (secondary N) is 2. The van der Waals surface area contributed by atoms with Crippen LogP contribution in [0.2, 0.25) is 0 Å². The summed E-state index contributed by atoms with van der Waals surface area (Å²) in [6, 6.07) is -0.396. The number of imide groups is 1. The van der Waals surface area contributed by atoms with Crippen molar-refractivity contribution in [3.8, 4) is 0 Å². The Hall–Kier alpha value is -1.34. The second kappa shape index (κ2) is 8.67. The van der Waals surface area contributed by atoms with E-state index in [0.717, 1.165) is 6.42 Å². The van der Waals surface area contributed by atoms with Gasteiger partial charge in [0.05, 0.1) is 0 Å². The van der Waals surface area contributed by atoms with Crippen molar-refractivity contribution in [3.05, 3.63) is 0 Å². The molecule has 140 valence electrons. The Balaban J connectivity index is 0.00000529. The fourth-order valence-electron chi connectivity index (χ4n) is 2.90. The van der Waals surface area contributed by atoms with Crippen LogP contribution in [-0.4, -0.2) is 46.9 Å². The van der Waals surface area contributed by atoms with Gasteiger partial charge in [-0.15, -0.1) is 12.4 Å². The maximum atomic E-state index is 12.1. The molecule has 1 heterocycles. The summed E-state index contributed by atoms with van der Waals surface area (Å²) >= 11 is 0. The summed E-state index contributed by atoms with van der Waals surface area (Å²) in [5, 5.41) is 5.59. The lowest BCUT2D eigenvalue weighted by atomic mass is 9.90. The molecule has 4 amide bonds. The topological polar surface area (TPSA) is 105 Å². The molecule has 0 aliphatic carbocycles. The van der Waals surface area contributed by atoms with Crippen molar-refractivity contribution in [1.29, 1.82) is 0 Å². The minimum absolute atomic E-state index is 0. The van der Waals surface area contributed by atoms with Gasteiger partial charge in [-0.05, 0) is 39.5 Å². The molecule has 0 spiro atoms. The van der Waals surface area contributed by atoms with Gasteiger partial charge in [0.15, 0.2) is 0 Å². The van der Waals surface area contributed by atoms with E-state index in [9.17, 15) is 14.4 Å². The van der Waals surface area contributed by atoms with Gasteiger partial charge in [0, 0.05) is 25.0 Å². The van der Waals surface area contributed by atoms with Crippen molar-refractivity contribution in [2.24, 2.45) is 11.7 Å². The molecular weight excluding hydrogens is 332 g/mol. The maximum absolute atomic E-state index is 12.1. The first-order chi connectivity index (χ1) is 10.5. The summed E-state index contributed by atoms with van der Waals surface area (Å²) < 4.78 is 0. The Kier molecular flexibility index (Phi) is 8.18. The Labute approximate surface area is 150 Å². The molecule has 0 aromatic carbocycles. The third-order valence-electron chi connectivity index (χ3n) is 3.98. The summed E-state index contributed by atoms with van der Waals surface area (Å²) in [5.74, 6) is 0.0661. The number of carbonyl (C=O) groups is 3. The molecule has 4 N–H and O–H groups in total. The van der Waals surface area contributed by atoms with Gasteiger partial charge in [-0.3, -0.25) is 14.5 Å². The monoisotopic (exact) mass is 362 g/mol. The standard InChI is InChI=1S/C16H30N4O3.ClH/c1-11(2)9-16(5,10-17)18-12(21)7-6-8-20-13(22)15(3,4)19-14(20)23;/h11H,6-10,17H2,1-5H3,(H,18,21)(H,19,23);1H. The van der Waals surface area contributed by atoms with Crippen molar-refractivity contribution in [2.75, 3.05) is 13.1 Å². The molecule has 1 fully saturated rings. The summed E-state index contributed by atoms with van der Waals surface area (Å²) in [6.45, 7) is 10.0. The van der Waals surface area contributed by atoms with Crippen LogP contribution in [-0.2, 0) is 9.59 Å². The lowest BCUT2D eigenvalue weighted by Gasteiger charge is -2.31. The van der Waals surface area contributed by atoms with Crippen LogP contribution in [0.15, 0.2) is 0 Å². The third kappa shape index (κ3) is 5.94. The second-order valence-electron chi connectivity index (χ2n) is 7.53. The molecule has 0 radical (unpaired) electrons. The van der Waals surface area contributed by atoms with E-state index < -0.39 is 17.1 Å². The number of rotatable bonds is 8. The highest BCUT2D eigenvalue weighted by atomic mass is 35.5. The zero-order valence-electron chi connectivity index (χ0n) is 15.3. The first-order valence-electron chi connectivity index (χ1n) is 8.16. The van der Waals surface area contributed by atoms with Gasteiger partial charge in [-0.25, -0.2) is 4.79 Å². The van der Waals surface area contributed by atoms with Crippen molar-refractivity contribution >= 4 is 30.3 Å². The van der Waals surface area contributed by atoms with E-state index >= 15 is 0 Å². The van der Waals surface area contributed by atoms with E-state index in [1.54, 1.807) is 13.8 Å². The van der Waals surface area contributed by atoms with Gasteiger partial charge in [-0.2, -0.15) is 0 Å². The summed E-state index contributed by atoms with van der Waals surface area (Å²) in [5.41, 5.74) is 4.49. The van der Waals surface area contributed by atoms with Crippen LogP contribution >= 0.6 is 12.4 Å². The molecule has 1 atom stereocenters. The molecule has 1 rings (SSSR count). The van der Waals surface area contributed by atoms with Gasteiger partial charge in [0.25, 0.3) is 5.91 Å². The largest absolute Gasteiger partial charge is 0.350 e. The molecule has 0 aromatic heterocycles. The molecule has 1 aliphatic rings. The van der Waals surface area contributed by atoms with E-state index in [2.05, 4.69) is 24.5 Å². The summed E-state index contributed by atoms with van der Waals surface area (Å²) in [7, 11) is 0. The van der Waals surface area contributed by atoms with Gasteiger partial charge in [-0.1, -0.05) is 13.8 Å². The van der Waals surface area contributed by atoms with Crippen molar-refractivity contribution in [2.45, 2.75) is 65.0 Å². The fourth-order valence-corrected chi connectivity index (χ4v) is 2.90. The number of hydrogen-bond donors (Lipinski definition) is 3. The van der Waals surface area contributed by atoms with Crippen LogP contribution < -0.4 is 16.4 Å². The molecule has 8 heteroatoms. The van der Waals surface area contributed by atoms with Crippen LogP contribution in [0.1, 0.15) is 53.9 Å². The molecule has 0 saturated carbocycles. The number of nitrogens with zero attached hydrogens (tertiary/aromatic N) is 1. The van der Waals surface area contributed by atoms with Crippen molar-refractivity contribution in [3.63, 3.8) is 0 Å². The molecule has 1 unspecified atom stereocenters. The molecule has 24 heavy (non-hydrogen) atoms. The molecule has 0 aromatic rings. The lowest BCUT2D eigenvalue weighted by molar-refractivity contribution is -0.130. The Morgan fingerprint density at radius 2 is 1.96 bits per heavy atom. The molecule has 7 nitrogen and oxygen atoms in total. The average molecular weight is 363 g/mol. The molecule has 1 saturated heterocycles. The van der Waals surface area contributed by atoms with Crippen LogP contribution in [0, 0.1) is 5.92 Å². The third-order valence-corrected chi connectivity index (χ3v) is 3.98. The molecular formula is C16H31ClN4O3. The summed E-state index contributed by atoms with van der Waals surface area (Å²) in [4.78, 5) is 37.0. The minimum Gasteiger partial charge on any atom is -0.350 e. The van der Waals surface area contributed by atoms with Gasteiger partial charge >= 0.3 is 6.03 Å². The minimum atomic E-state index is -0.866. The Bertz CT molecular complexity index is 482. The number of nitrogens with two attached hydrogens (primary N) is 1. The van der Waals surface area contributed by atoms with E-state index in [1.807, 2.05) is 6.92 Å². The number of hydrogen-bond acceptors (Lipinski definition) is 4. The average Bonchev–Trinajstić information content (AvgIpc) is 2.59. The van der Waals surface area contributed by atoms with Crippen LogP contribution in [0.4, 0.5) is 4.79 Å². The maximum Gasteiger partial charge on any atom is 0.325 e. The van der Waals surface area contributed by atoms with Crippen LogP contribution in [0.5, 0.6) is 0 Å². The van der Waals surface area contributed by atoms with Crippen molar-refractivity contribution < 1.29 is 14.4 Å². The smallest absolute Gasteiger partial charge is 0.325 e. The second-order valence-corrected chi connectivity index (χ2v) is 7.53. The van der Waals surface area contributed by atoms with Crippen LogP contribution in [0.25, 0.3) is 0 Å². The van der Waals surface area contributed by atoms with Crippen LogP contribution in [0.3, 0.4) is 0 Å². The number of carbonyl (C=O) groups excluding carboxylic acids is 3. The Morgan fingerprint density at radius 3 is 2.38 bits per heavy atom. The van der Waals surface area contributed by atoms with Gasteiger partial charge in [0.2, 0.25) is 5.91 Å². The van der Waals surface area contributed by atoms with Crippen molar-refractivity contribution in [1.82, 2.24) is 15.5 Å². The highest BCUT2D eigenvalue weighted by molar-refractivity contribution is 6.06. The zero-order valence-corrected chi connectivity index (χ0v) is 16.1. The molecule has 0 bridgehead atoms. The lowest BCUT2D eigenvalue weighted by Crippen LogP contribution is -2.52. The zero-order chi connectivity index (χ0) is 17.8. The first kappa shape index (κ1) is 22.7. The van der Waals surface area contributed by atoms with Gasteiger partial charge in [0.1, 0.15) is 5.54 Å². The predicted molar refractivity (Wildman–Crippen MR) is 95.9 cm³/mol. The summed E-state index contributed by atoms with van der Waals surface area (Å²) in [6.07, 6.45) is 1.49. The number of urea groups is 1. The fraction of sp³-hybridized carbons (Fsp3) is 0.812. The van der Waals surface area contributed by atoms with E-state index in [-0.39, 0.29) is 37.2 Å².